The van der Waals surface area contributed by atoms with E-state index in [0.29, 0.717) is 0 Å². The van der Waals surface area contributed by atoms with Crippen LogP contribution in [0.15, 0.2) is 23.3 Å². The maximum absolute atomic E-state index is 2.48. The van der Waals surface area contributed by atoms with Gasteiger partial charge in [0.1, 0.15) is 0 Å². The van der Waals surface area contributed by atoms with Crippen LogP contribution < -0.4 is 0 Å². The fourth-order valence-corrected chi connectivity index (χ4v) is 2.08. The summed E-state index contributed by atoms with van der Waals surface area (Å²) < 4.78 is 0. The molecule has 0 N–H and O–H groups in total. The quantitative estimate of drug-likeness (QED) is 0.580. The van der Waals surface area contributed by atoms with E-state index in [4.69, 9.17) is 0 Å². The summed E-state index contributed by atoms with van der Waals surface area (Å²) in [6.45, 7) is 4.63. The van der Waals surface area contributed by atoms with Gasteiger partial charge in [0, 0.05) is 0 Å². The highest BCUT2D eigenvalue weighted by atomic mass is 14.3. The molecule has 0 bridgehead atoms. The molecule has 0 unspecified atom stereocenters. The zero-order valence-corrected chi connectivity index (χ0v) is 8.14. The fraction of sp³-hybridized carbons (Fsp3) is 0.667. The third-order valence-electron chi connectivity index (χ3n) is 2.87. The Morgan fingerprint density at radius 1 is 1.17 bits per heavy atom. The Balaban J connectivity index is 2.17. The second kappa shape index (κ2) is 3.08. The lowest BCUT2D eigenvalue weighted by Gasteiger charge is -2.19. The Bertz CT molecular complexity index is 208. The molecule has 0 radical (unpaired) electrons. The predicted molar refractivity (Wildman–Crippen MR) is 53.0 cm³/mol. The highest BCUT2D eigenvalue weighted by Gasteiger charge is 2.29. The summed E-state index contributed by atoms with van der Waals surface area (Å²) in [5.41, 5.74) is 3.33. The molecular weight excluding hydrogens is 144 g/mol. The average Bonchev–Trinajstić information content (AvgIpc) is 2.87. The molecule has 0 aromatic rings. The molecular formula is C12H18. The second-order valence-corrected chi connectivity index (χ2v) is 4.33. The first kappa shape index (κ1) is 8.10. The van der Waals surface area contributed by atoms with Crippen LogP contribution in [0.1, 0.15) is 39.5 Å². The first-order valence-electron chi connectivity index (χ1n) is 5.19. The van der Waals surface area contributed by atoms with E-state index < -0.39 is 0 Å². The van der Waals surface area contributed by atoms with Crippen LogP contribution in [0.3, 0.4) is 0 Å². The van der Waals surface area contributed by atoms with Crippen molar-refractivity contribution in [3.8, 4) is 0 Å². The lowest BCUT2D eigenvalue weighted by atomic mass is 9.87. The largest absolute Gasteiger partial charge is 0.0805 e. The number of hydrogen-bond donors (Lipinski definition) is 0. The monoisotopic (exact) mass is 162 g/mol. The SMILES string of the molecule is CC(C)C1=CCCC=C1C1CC1. The molecule has 66 valence electrons. The Morgan fingerprint density at radius 2 is 1.83 bits per heavy atom. The second-order valence-electron chi connectivity index (χ2n) is 4.33. The van der Waals surface area contributed by atoms with Crippen LogP contribution in [0, 0.1) is 11.8 Å². The lowest BCUT2D eigenvalue weighted by Crippen LogP contribution is -2.03. The highest BCUT2D eigenvalue weighted by molar-refractivity contribution is 5.38. The van der Waals surface area contributed by atoms with Crippen molar-refractivity contribution in [3.05, 3.63) is 23.3 Å². The smallest absolute Gasteiger partial charge is 0.0162 e. The third kappa shape index (κ3) is 1.48. The van der Waals surface area contributed by atoms with E-state index in [1.807, 2.05) is 0 Å². The molecule has 2 aliphatic carbocycles. The molecule has 2 rings (SSSR count). The van der Waals surface area contributed by atoms with Gasteiger partial charge in [0.15, 0.2) is 0 Å². The van der Waals surface area contributed by atoms with Crippen molar-refractivity contribution in [2.45, 2.75) is 39.5 Å². The highest BCUT2D eigenvalue weighted by Crippen LogP contribution is 2.43. The molecule has 0 nitrogen and oxygen atoms in total. The normalized spacial score (nSPS) is 23.9. The molecule has 1 fully saturated rings. The molecule has 0 saturated heterocycles. The fourth-order valence-electron chi connectivity index (χ4n) is 2.08. The van der Waals surface area contributed by atoms with Gasteiger partial charge < -0.3 is 0 Å². The average molecular weight is 162 g/mol. The summed E-state index contributed by atoms with van der Waals surface area (Å²) in [6, 6.07) is 0. The molecule has 2 aliphatic rings. The summed E-state index contributed by atoms with van der Waals surface area (Å²) in [5.74, 6) is 1.68. The van der Waals surface area contributed by atoms with Crippen molar-refractivity contribution in [2.24, 2.45) is 11.8 Å². The Hall–Kier alpha value is -0.520. The Labute approximate surface area is 75.4 Å². The Kier molecular flexibility index (Phi) is 2.08. The molecule has 0 atom stereocenters. The molecule has 0 aromatic heterocycles. The van der Waals surface area contributed by atoms with Gasteiger partial charge >= 0.3 is 0 Å². The van der Waals surface area contributed by atoms with E-state index in [9.17, 15) is 0 Å². The van der Waals surface area contributed by atoms with Gasteiger partial charge in [0.2, 0.25) is 0 Å². The number of allylic oxidation sites excluding steroid dienone is 4. The molecule has 0 aromatic carbocycles. The van der Waals surface area contributed by atoms with Crippen molar-refractivity contribution in [1.82, 2.24) is 0 Å². The molecule has 0 heterocycles. The van der Waals surface area contributed by atoms with E-state index in [0.717, 1.165) is 11.8 Å². The van der Waals surface area contributed by atoms with Crippen LogP contribution in [0.25, 0.3) is 0 Å². The maximum atomic E-state index is 2.48. The van der Waals surface area contributed by atoms with Crippen LogP contribution >= 0.6 is 0 Å². The van der Waals surface area contributed by atoms with Crippen LogP contribution in [-0.2, 0) is 0 Å². The topological polar surface area (TPSA) is 0 Å². The summed E-state index contributed by atoms with van der Waals surface area (Å²) in [7, 11) is 0. The summed E-state index contributed by atoms with van der Waals surface area (Å²) in [4.78, 5) is 0. The van der Waals surface area contributed by atoms with Gasteiger partial charge in [-0.1, -0.05) is 26.0 Å². The molecule has 0 heteroatoms. The van der Waals surface area contributed by atoms with Crippen LogP contribution in [0.2, 0.25) is 0 Å². The van der Waals surface area contributed by atoms with E-state index in [1.54, 1.807) is 11.1 Å². The molecule has 1 saturated carbocycles. The maximum Gasteiger partial charge on any atom is -0.0162 e. The van der Waals surface area contributed by atoms with Gasteiger partial charge in [-0.15, -0.1) is 0 Å². The first-order chi connectivity index (χ1) is 5.79. The zero-order valence-electron chi connectivity index (χ0n) is 8.14. The number of hydrogen-bond acceptors (Lipinski definition) is 0. The Morgan fingerprint density at radius 3 is 2.42 bits per heavy atom. The van der Waals surface area contributed by atoms with Crippen LogP contribution in [-0.4, -0.2) is 0 Å². The van der Waals surface area contributed by atoms with Gasteiger partial charge in [-0.2, -0.15) is 0 Å². The summed E-state index contributed by atoms with van der Waals surface area (Å²) in [6.07, 6.45) is 10.4. The van der Waals surface area contributed by atoms with Crippen LogP contribution in [0.4, 0.5) is 0 Å². The zero-order chi connectivity index (χ0) is 8.55. The lowest BCUT2D eigenvalue weighted by molar-refractivity contribution is 0.733. The van der Waals surface area contributed by atoms with Crippen LogP contribution in [0.5, 0.6) is 0 Å². The summed E-state index contributed by atoms with van der Waals surface area (Å²) >= 11 is 0. The van der Waals surface area contributed by atoms with Gasteiger partial charge in [-0.05, 0) is 48.7 Å². The first-order valence-corrected chi connectivity index (χ1v) is 5.19. The van der Waals surface area contributed by atoms with Crippen molar-refractivity contribution in [3.63, 3.8) is 0 Å². The standard InChI is InChI=1S/C12H18/c1-9(2)11-5-3-4-6-12(11)10-7-8-10/h5-6,9-10H,3-4,7-8H2,1-2H3. The minimum atomic E-state index is 0.733. The molecule has 12 heavy (non-hydrogen) atoms. The van der Waals surface area contributed by atoms with Gasteiger partial charge in [-0.25, -0.2) is 0 Å². The van der Waals surface area contributed by atoms with Crippen molar-refractivity contribution in [1.29, 1.82) is 0 Å². The molecule has 0 aliphatic heterocycles. The summed E-state index contributed by atoms with van der Waals surface area (Å²) in [5, 5.41) is 0. The van der Waals surface area contributed by atoms with E-state index in [2.05, 4.69) is 26.0 Å². The third-order valence-corrected chi connectivity index (χ3v) is 2.87. The van der Waals surface area contributed by atoms with Crippen molar-refractivity contribution in [2.75, 3.05) is 0 Å². The van der Waals surface area contributed by atoms with E-state index >= 15 is 0 Å². The van der Waals surface area contributed by atoms with Crippen molar-refractivity contribution < 1.29 is 0 Å². The van der Waals surface area contributed by atoms with E-state index in [1.165, 1.54) is 25.7 Å². The minimum Gasteiger partial charge on any atom is -0.0805 e. The van der Waals surface area contributed by atoms with Gasteiger partial charge in [-0.3, -0.25) is 0 Å². The van der Waals surface area contributed by atoms with Gasteiger partial charge in [0.25, 0.3) is 0 Å². The number of rotatable bonds is 2. The van der Waals surface area contributed by atoms with Gasteiger partial charge in [0.05, 0.1) is 0 Å². The molecule has 0 amide bonds. The van der Waals surface area contributed by atoms with Crippen molar-refractivity contribution >= 4 is 0 Å². The van der Waals surface area contributed by atoms with E-state index in [-0.39, 0.29) is 0 Å². The minimum absolute atomic E-state index is 0.733. The molecule has 0 spiro atoms. The predicted octanol–water partition coefficient (Wildman–Crippen LogP) is 3.70.